The zero-order valence-corrected chi connectivity index (χ0v) is 72.8. The average molecular weight is 1710 g/mol. The van der Waals surface area contributed by atoms with Crippen LogP contribution in [-0.2, 0) is 10.8 Å². The molecule has 0 spiro atoms. The minimum Gasteiger partial charge on any atom is -0.537 e. The Balaban J connectivity index is 0.000000124. The van der Waals surface area contributed by atoms with E-state index in [2.05, 4.69) is 491 Å². The van der Waals surface area contributed by atoms with Crippen molar-refractivity contribution in [3.63, 3.8) is 0 Å². The van der Waals surface area contributed by atoms with Crippen molar-refractivity contribution in [2.45, 2.75) is 38.5 Å². The first-order chi connectivity index (χ1) is 62.9. The molecule has 4 aromatic heterocycles. The standard InChI is InChI=1S/C59H43N3.C33H27BNO2.C26H17BrN2/c1-59(2)54-21-13-12-20-49(54)50-32-31-48(39-55(50)59)61(46-27-22-41(23-28-46)40-14-6-3-7-15-40)47-29-24-42(25-30-47)43-26-34-57-53(38-43)51-33-35-56-52(36-37-60(56)44-16-8-4-9-17-44)58(51)62(57)45-18-10-5-11-19-45;1-33(2)31-11-7-6-10-29(31)30-21-18-27(22-32(30)33)35(26-16-19-28(20-17-26)37-34-36)25-14-12-24(13-15-25)23-8-4-3-5-9-23;27-18-11-13-25-23(17-18)21-12-14-24-22(15-16-28(24)19-7-3-1-4-8-19)26(21)29(25)20-9-5-2-6-10-20/h3-39H,1-2H3;3-22,36H,1-2H3;1-17H. The number of hydrogen-bond donors (Lipinski definition) is 1. The van der Waals surface area contributed by atoms with Crippen LogP contribution in [0.3, 0.4) is 0 Å². The number of fused-ring (bicyclic) bond motifs is 16. The molecule has 0 amide bonds. The average Bonchev–Trinajstić information content (AvgIpc) is 1.59. The van der Waals surface area contributed by atoms with Crippen LogP contribution < -0.4 is 14.5 Å². The number of aromatic nitrogens is 4. The SMILES string of the molecule is Brc1ccc2c(c1)c1ccc3c(ccn3-c3ccccc3)c1n2-c1ccccc1.CC1(C)c2ccccc2-c2ccc(N(c3ccc(-c4ccccc4)cc3)c3ccc(-c4ccc5c(c4)c4ccc6c(ccn6-c6ccccc6)c4n5-c4ccccc4)cc3)cc21.CC1(C)c2ccccc2-c2ccc(N(c3ccc(O[B]O)cc3)c3ccc(-c4ccccc4)cc3)cc21. The maximum atomic E-state index is 9.03. The molecule has 0 unspecified atom stereocenters. The van der Waals surface area contributed by atoms with E-state index in [0.717, 1.165) is 50.0 Å². The molecule has 10 heteroatoms. The van der Waals surface area contributed by atoms with Crippen LogP contribution in [0.1, 0.15) is 49.9 Å². The van der Waals surface area contributed by atoms with Gasteiger partial charge in [0.2, 0.25) is 0 Å². The van der Waals surface area contributed by atoms with E-state index in [0.29, 0.717) is 13.4 Å². The predicted molar refractivity (Wildman–Crippen MR) is 539 cm³/mol. The van der Waals surface area contributed by atoms with Gasteiger partial charge in [0.1, 0.15) is 5.75 Å². The van der Waals surface area contributed by atoms with Crippen LogP contribution in [0.4, 0.5) is 34.1 Å². The van der Waals surface area contributed by atoms with Gasteiger partial charge < -0.3 is 37.7 Å². The van der Waals surface area contributed by atoms with Crippen molar-refractivity contribution in [3.8, 4) is 84.1 Å². The molecule has 18 aromatic carbocycles. The van der Waals surface area contributed by atoms with Gasteiger partial charge in [-0.3, -0.25) is 0 Å². The highest BCUT2D eigenvalue weighted by molar-refractivity contribution is 9.10. The summed E-state index contributed by atoms with van der Waals surface area (Å²) in [5.41, 5.74) is 36.1. The molecule has 128 heavy (non-hydrogen) atoms. The van der Waals surface area contributed by atoms with Gasteiger partial charge in [-0.05, 0) is 266 Å². The van der Waals surface area contributed by atoms with Crippen molar-refractivity contribution in [3.05, 3.63) is 476 Å². The normalized spacial score (nSPS) is 12.6. The fraction of sp³-hybridized carbons (Fsp3) is 0.0508. The van der Waals surface area contributed by atoms with E-state index in [1.807, 2.05) is 30.3 Å². The summed E-state index contributed by atoms with van der Waals surface area (Å²) < 4.78 is 15.6. The van der Waals surface area contributed by atoms with Gasteiger partial charge in [-0.2, -0.15) is 0 Å². The maximum Gasteiger partial charge on any atom is 0.569 e. The highest BCUT2D eigenvalue weighted by Crippen LogP contribution is 2.54. The van der Waals surface area contributed by atoms with E-state index < -0.39 is 0 Å². The highest BCUT2D eigenvalue weighted by atomic mass is 79.9. The van der Waals surface area contributed by atoms with Gasteiger partial charge in [-0.1, -0.05) is 292 Å². The molecule has 611 valence electrons. The zero-order valence-electron chi connectivity index (χ0n) is 71.2. The quantitative estimate of drug-likeness (QED) is 0.104. The van der Waals surface area contributed by atoms with Crippen LogP contribution in [0, 0.1) is 0 Å². The fourth-order valence-electron chi connectivity index (χ4n) is 19.9. The van der Waals surface area contributed by atoms with Crippen molar-refractivity contribution in [2.75, 3.05) is 9.80 Å². The van der Waals surface area contributed by atoms with Gasteiger partial charge in [0.15, 0.2) is 0 Å². The van der Waals surface area contributed by atoms with E-state index in [1.165, 1.54) is 155 Å². The molecule has 24 rings (SSSR count). The summed E-state index contributed by atoms with van der Waals surface area (Å²) in [7, 11) is 0.704. The summed E-state index contributed by atoms with van der Waals surface area (Å²) in [6, 6.07) is 157. The lowest BCUT2D eigenvalue weighted by molar-refractivity contribution is 0.454. The van der Waals surface area contributed by atoms with Gasteiger partial charge in [0.05, 0.1) is 33.1 Å². The summed E-state index contributed by atoms with van der Waals surface area (Å²) in [4.78, 5) is 4.67. The summed E-state index contributed by atoms with van der Waals surface area (Å²) in [5, 5.41) is 16.5. The van der Waals surface area contributed by atoms with Crippen LogP contribution in [0.15, 0.2) is 454 Å². The molecular formula is C118H87BBrN6O2. The van der Waals surface area contributed by atoms with E-state index in [4.69, 9.17) is 9.68 Å². The van der Waals surface area contributed by atoms with Crippen LogP contribution in [0.5, 0.6) is 5.75 Å². The molecular weight excluding hydrogens is 1620 g/mol. The first-order valence-corrected chi connectivity index (χ1v) is 44.4. The molecule has 1 N–H and O–H groups in total. The summed E-state index contributed by atoms with van der Waals surface area (Å²) in [6.07, 6.45) is 4.37. The number of benzene rings is 18. The molecule has 1 radical (unpaired) electrons. The number of halogens is 1. The second-order valence-electron chi connectivity index (χ2n) is 34.1. The third kappa shape index (κ3) is 13.8. The predicted octanol–water partition coefficient (Wildman–Crippen LogP) is 31.4. The van der Waals surface area contributed by atoms with Crippen LogP contribution in [0.25, 0.3) is 144 Å². The van der Waals surface area contributed by atoms with E-state index >= 15 is 0 Å². The number of anilines is 6. The second kappa shape index (κ2) is 32.6. The molecule has 8 nitrogen and oxygen atoms in total. The first-order valence-electron chi connectivity index (χ1n) is 43.7. The summed E-state index contributed by atoms with van der Waals surface area (Å²) >= 11 is 3.65. The highest BCUT2D eigenvalue weighted by Gasteiger charge is 2.38. The molecule has 4 heterocycles. The minimum absolute atomic E-state index is 0.0839. The van der Waals surface area contributed by atoms with Crippen LogP contribution in [0.2, 0.25) is 0 Å². The Morgan fingerprint density at radius 1 is 0.258 bits per heavy atom. The lowest BCUT2D eigenvalue weighted by Crippen LogP contribution is -2.16. The molecule has 0 bridgehead atoms. The lowest BCUT2D eigenvalue weighted by atomic mass is 9.82. The van der Waals surface area contributed by atoms with Crippen LogP contribution in [-0.4, -0.2) is 31.0 Å². The summed E-state index contributed by atoms with van der Waals surface area (Å²) in [5.74, 6) is 0.580. The van der Waals surface area contributed by atoms with Gasteiger partial charge in [-0.25, -0.2) is 0 Å². The Labute approximate surface area is 754 Å². The lowest BCUT2D eigenvalue weighted by Gasteiger charge is -2.28. The van der Waals surface area contributed by atoms with Crippen molar-refractivity contribution in [1.82, 2.24) is 18.3 Å². The molecule has 0 aliphatic heterocycles. The third-order valence-electron chi connectivity index (χ3n) is 26.1. The van der Waals surface area contributed by atoms with Crippen molar-refractivity contribution in [2.24, 2.45) is 0 Å². The maximum absolute atomic E-state index is 9.03. The van der Waals surface area contributed by atoms with E-state index in [9.17, 15) is 0 Å². The van der Waals surface area contributed by atoms with E-state index in [1.54, 1.807) is 0 Å². The van der Waals surface area contributed by atoms with Crippen molar-refractivity contribution < 1.29 is 9.68 Å². The Kier molecular flexibility index (Phi) is 20.0. The molecule has 0 saturated heterocycles. The molecule has 0 fully saturated rings. The van der Waals surface area contributed by atoms with Gasteiger partial charge in [0.25, 0.3) is 0 Å². The Hall–Kier alpha value is -15.5. The number of rotatable bonds is 15. The Bertz CT molecular complexity index is 7910. The first kappa shape index (κ1) is 78.5. The van der Waals surface area contributed by atoms with E-state index in [-0.39, 0.29) is 10.8 Å². The largest absolute Gasteiger partial charge is 0.569 e. The molecule has 2 aliphatic carbocycles. The number of para-hydroxylation sites is 4. The van der Waals surface area contributed by atoms with Gasteiger partial charge in [-0.15, -0.1) is 0 Å². The minimum atomic E-state index is -0.103. The smallest absolute Gasteiger partial charge is 0.537 e. The van der Waals surface area contributed by atoms with Gasteiger partial charge >= 0.3 is 7.69 Å². The molecule has 0 atom stereocenters. The molecule has 2 aliphatic rings. The fourth-order valence-corrected chi connectivity index (χ4v) is 20.2. The molecule has 22 aromatic rings. The van der Waals surface area contributed by atoms with Crippen LogP contribution >= 0.6 is 15.9 Å². The second-order valence-corrected chi connectivity index (χ2v) is 35.0. The Morgan fingerprint density at radius 2 is 0.578 bits per heavy atom. The summed E-state index contributed by atoms with van der Waals surface area (Å²) in [6.45, 7) is 9.31. The van der Waals surface area contributed by atoms with Crippen molar-refractivity contribution >= 4 is 123 Å². The molecule has 0 saturated carbocycles. The van der Waals surface area contributed by atoms with Crippen molar-refractivity contribution in [1.29, 1.82) is 0 Å². The van der Waals surface area contributed by atoms with Gasteiger partial charge in [0, 0.05) is 117 Å². The monoisotopic (exact) mass is 1710 g/mol. The number of hydrogen-bond acceptors (Lipinski definition) is 4. The topological polar surface area (TPSA) is 55.7 Å². The third-order valence-corrected chi connectivity index (χ3v) is 26.6. The number of nitrogens with zero attached hydrogens (tertiary/aromatic N) is 6. The zero-order chi connectivity index (χ0) is 86.1. The Morgan fingerprint density at radius 3 is 0.992 bits per heavy atom.